The van der Waals surface area contributed by atoms with Gasteiger partial charge in [-0.2, -0.15) is 0 Å². The Morgan fingerprint density at radius 3 is 1.41 bits per heavy atom. The molecule has 0 aromatic heterocycles. The highest BCUT2D eigenvalue weighted by Gasteiger charge is 2.36. The van der Waals surface area contributed by atoms with Crippen molar-refractivity contribution in [2.24, 2.45) is 0 Å². The maximum absolute atomic E-state index is 13.7. The average Bonchev–Trinajstić information content (AvgIpc) is 2.97. The highest BCUT2D eigenvalue weighted by atomic mass is 16.2. The molecule has 1 N–H and O–H groups in total. The third-order valence-electron chi connectivity index (χ3n) is 8.77. The number of hydrogen-bond acceptors (Lipinski definition) is 6. The molecule has 3 aliphatic rings. The fourth-order valence-electron chi connectivity index (χ4n) is 6.82. The van der Waals surface area contributed by atoms with Gasteiger partial charge in [-0.05, 0) is 56.6 Å². The fourth-order valence-corrected chi connectivity index (χ4v) is 6.82. The van der Waals surface area contributed by atoms with Gasteiger partial charge in [0.25, 0.3) is 23.6 Å². The van der Waals surface area contributed by atoms with Gasteiger partial charge in [0.05, 0.1) is 0 Å². The van der Waals surface area contributed by atoms with Gasteiger partial charge in [0.1, 0.15) is 0 Å². The Balaban J connectivity index is 1.36. The molecule has 0 saturated carbocycles. The minimum absolute atomic E-state index is 0.262. The van der Waals surface area contributed by atoms with Crippen LogP contribution in [-0.4, -0.2) is 84.6 Å². The number of benzene rings is 5. The first kappa shape index (κ1) is 22.6. The van der Waals surface area contributed by atoms with Crippen molar-refractivity contribution in [3.05, 3.63) is 70.8 Å². The van der Waals surface area contributed by atoms with Crippen molar-refractivity contribution >= 4 is 66.7 Å². The van der Waals surface area contributed by atoms with E-state index in [0.717, 1.165) is 63.4 Å². The van der Waals surface area contributed by atoms with E-state index < -0.39 is 0 Å². The van der Waals surface area contributed by atoms with Gasteiger partial charge in [0.2, 0.25) is 0 Å². The van der Waals surface area contributed by atoms with Gasteiger partial charge in [0.15, 0.2) is 0 Å². The molecule has 8 rings (SSSR count). The number of carbonyl (C=O) groups is 4. The summed E-state index contributed by atoms with van der Waals surface area (Å²) in [6.45, 7) is 4.62. The van der Waals surface area contributed by atoms with E-state index in [0.29, 0.717) is 46.1 Å². The molecule has 4 amide bonds. The van der Waals surface area contributed by atoms with Gasteiger partial charge in [0, 0.05) is 79.3 Å². The lowest BCUT2D eigenvalue weighted by Crippen LogP contribution is -2.49. The van der Waals surface area contributed by atoms with Crippen molar-refractivity contribution in [3.8, 4) is 0 Å². The molecule has 0 radical (unpaired) electrons. The quantitative estimate of drug-likeness (QED) is 0.224. The van der Waals surface area contributed by atoms with E-state index in [9.17, 15) is 19.2 Å². The summed E-state index contributed by atoms with van der Waals surface area (Å²) >= 11 is 0. The number of nitrogens with one attached hydrogen (secondary N) is 1. The minimum atomic E-state index is -0.315. The molecular formula is C31H24N4O4. The molecule has 0 bridgehead atoms. The third kappa shape index (κ3) is 2.84. The van der Waals surface area contributed by atoms with Crippen LogP contribution >= 0.6 is 0 Å². The van der Waals surface area contributed by atoms with Crippen molar-refractivity contribution in [1.29, 1.82) is 0 Å². The number of nitrogens with zero attached hydrogens (tertiary/aromatic N) is 3. The van der Waals surface area contributed by atoms with E-state index in [4.69, 9.17) is 0 Å². The van der Waals surface area contributed by atoms with Crippen molar-refractivity contribution in [2.75, 3.05) is 46.3 Å². The first-order chi connectivity index (χ1) is 19.0. The number of hydrogen-bond donors (Lipinski definition) is 1. The van der Waals surface area contributed by atoms with Crippen LogP contribution in [0.25, 0.3) is 43.1 Å². The molecule has 0 aliphatic carbocycles. The minimum Gasteiger partial charge on any atom is -0.314 e. The number of piperazine rings is 1. The predicted molar refractivity (Wildman–Crippen MR) is 149 cm³/mol. The van der Waals surface area contributed by atoms with E-state index in [-0.39, 0.29) is 23.6 Å². The van der Waals surface area contributed by atoms with Crippen LogP contribution in [0.1, 0.15) is 41.4 Å². The van der Waals surface area contributed by atoms with Gasteiger partial charge in [-0.3, -0.25) is 33.9 Å². The average molecular weight is 517 g/mol. The van der Waals surface area contributed by atoms with E-state index in [2.05, 4.69) is 10.2 Å². The Hall–Kier alpha value is -4.40. The standard InChI is InChI=1S/C31H24N4O4/c1-33-28(36)20-6-2-16-18-4-8-22-27-23(31(39)35(30(22)38)15-14-34-12-10-32-11-13-34)9-5-19(25(18)27)17-3-7-21(29(33)37)26(20)24(16)17/h2-9,32H,10-15H2,1H3. The molecule has 0 spiro atoms. The molecule has 8 heteroatoms. The van der Waals surface area contributed by atoms with Crippen LogP contribution < -0.4 is 5.32 Å². The maximum Gasteiger partial charge on any atom is 0.261 e. The van der Waals surface area contributed by atoms with Gasteiger partial charge in [-0.15, -0.1) is 0 Å². The van der Waals surface area contributed by atoms with Crippen molar-refractivity contribution < 1.29 is 19.2 Å². The zero-order valence-corrected chi connectivity index (χ0v) is 21.3. The summed E-state index contributed by atoms with van der Waals surface area (Å²) in [4.78, 5) is 58.2. The summed E-state index contributed by atoms with van der Waals surface area (Å²) in [5.41, 5.74) is 2.08. The van der Waals surface area contributed by atoms with Gasteiger partial charge >= 0.3 is 0 Å². The zero-order valence-electron chi connectivity index (χ0n) is 21.3. The predicted octanol–water partition coefficient (Wildman–Crippen LogP) is 3.46. The van der Waals surface area contributed by atoms with Crippen molar-refractivity contribution in [3.63, 3.8) is 0 Å². The maximum atomic E-state index is 13.7. The number of amides is 4. The van der Waals surface area contributed by atoms with Crippen LogP contribution in [0.4, 0.5) is 0 Å². The summed E-state index contributed by atoms with van der Waals surface area (Å²) < 4.78 is 0. The zero-order chi connectivity index (χ0) is 26.6. The highest BCUT2D eigenvalue weighted by molar-refractivity contribution is 6.41. The van der Waals surface area contributed by atoms with Crippen molar-refractivity contribution in [2.45, 2.75) is 0 Å². The number of fused-ring (bicyclic) bond motifs is 2. The number of rotatable bonds is 3. The van der Waals surface area contributed by atoms with Crippen LogP contribution in [0.15, 0.2) is 48.5 Å². The second kappa shape index (κ2) is 7.81. The monoisotopic (exact) mass is 516 g/mol. The molecule has 39 heavy (non-hydrogen) atoms. The lowest BCUT2D eigenvalue weighted by atomic mass is 9.82. The van der Waals surface area contributed by atoms with Crippen LogP contribution in [0, 0.1) is 0 Å². The Labute approximate surface area is 223 Å². The molecule has 8 nitrogen and oxygen atoms in total. The molecule has 1 fully saturated rings. The van der Waals surface area contributed by atoms with E-state index in [1.807, 2.05) is 36.4 Å². The molecule has 0 atom stereocenters. The molecule has 1 saturated heterocycles. The van der Waals surface area contributed by atoms with Crippen LogP contribution in [-0.2, 0) is 0 Å². The van der Waals surface area contributed by atoms with Crippen LogP contribution in [0.5, 0.6) is 0 Å². The summed E-state index contributed by atoms with van der Waals surface area (Å²) in [6, 6.07) is 14.9. The highest BCUT2D eigenvalue weighted by Crippen LogP contribution is 2.46. The molecule has 3 heterocycles. The van der Waals surface area contributed by atoms with E-state index >= 15 is 0 Å². The van der Waals surface area contributed by atoms with Crippen molar-refractivity contribution in [1.82, 2.24) is 20.0 Å². The molecular weight excluding hydrogens is 492 g/mol. The number of imide groups is 2. The van der Waals surface area contributed by atoms with Crippen LogP contribution in [0.2, 0.25) is 0 Å². The Kier molecular flexibility index (Phi) is 4.52. The smallest absolute Gasteiger partial charge is 0.261 e. The van der Waals surface area contributed by atoms with Gasteiger partial charge in [-0.1, -0.05) is 24.3 Å². The molecule has 192 valence electrons. The normalized spacial score (nSPS) is 18.1. The van der Waals surface area contributed by atoms with E-state index in [1.54, 1.807) is 12.1 Å². The first-order valence-corrected chi connectivity index (χ1v) is 13.3. The largest absolute Gasteiger partial charge is 0.314 e. The summed E-state index contributed by atoms with van der Waals surface area (Å²) in [6.07, 6.45) is 0. The summed E-state index contributed by atoms with van der Waals surface area (Å²) in [5.74, 6) is -1.16. The topological polar surface area (TPSA) is 90.0 Å². The Morgan fingerprint density at radius 1 is 0.564 bits per heavy atom. The molecule has 0 unspecified atom stereocenters. The number of carbonyl (C=O) groups excluding carboxylic acids is 4. The Morgan fingerprint density at radius 2 is 0.974 bits per heavy atom. The SMILES string of the molecule is CN1C(=O)c2ccc3c4ccc5c6c(ccc(c7ccc(c2c37)C1=O)c64)C(=O)N(CCN1CCNCC1)C5=O. The molecule has 5 aromatic carbocycles. The van der Waals surface area contributed by atoms with E-state index in [1.165, 1.54) is 11.9 Å². The van der Waals surface area contributed by atoms with Gasteiger partial charge in [-0.25, -0.2) is 0 Å². The third-order valence-corrected chi connectivity index (χ3v) is 8.77. The second-order valence-corrected chi connectivity index (χ2v) is 10.7. The lowest BCUT2D eigenvalue weighted by molar-refractivity contribution is 0.0586. The Bertz CT molecular complexity index is 1840. The van der Waals surface area contributed by atoms with Gasteiger partial charge < -0.3 is 5.32 Å². The lowest BCUT2D eigenvalue weighted by Gasteiger charge is -2.32. The molecule has 5 aromatic rings. The summed E-state index contributed by atoms with van der Waals surface area (Å²) in [7, 11) is 1.51. The first-order valence-electron chi connectivity index (χ1n) is 13.3. The summed E-state index contributed by atoms with van der Waals surface area (Å²) in [5, 5.41) is 10.0. The van der Waals surface area contributed by atoms with Crippen LogP contribution in [0.3, 0.4) is 0 Å². The molecule has 3 aliphatic heterocycles. The fraction of sp³-hybridized carbons (Fsp3) is 0.226. The second-order valence-electron chi connectivity index (χ2n) is 10.7.